The van der Waals surface area contributed by atoms with Gasteiger partial charge in [-0.15, -0.1) is 0 Å². The van der Waals surface area contributed by atoms with Crippen LogP contribution < -0.4 is 17.0 Å². The second-order valence-corrected chi connectivity index (χ2v) is 4.83. The lowest BCUT2D eigenvalue weighted by atomic mass is 10.1. The van der Waals surface area contributed by atoms with Gasteiger partial charge in [0, 0.05) is 19.4 Å². The average molecular weight is 268 g/mol. The fraction of sp³-hybridized carbons (Fsp3) is 0.231. The fourth-order valence-corrected chi connectivity index (χ4v) is 2.45. The summed E-state index contributed by atoms with van der Waals surface area (Å²) in [6.07, 6.45) is 0. The molecule has 0 spiro atoms. The summed E-state index contributed by atoms with van der Waals surface area (Å²) in [7, 11) is 0. The summed E-state index contributed by atoms with van der Waals surface area (Å²) in [5.41, 5.74) is 1.92. The highest BCUT2D eigenvalue weighted by molar-refractivity contribution is 7.09. The van der Waals surface area contributed by atoms with Crippen LogP contribution in [0.5, 0.6) is 0 Å². The molecular weight excluding hydrogens is 254 g/mol. The Hall–Kier alpha value is -1.19. The Kier molecular flexibility index (Phi) is 4.85. The maximum Gasteiger partial charge on any atom is 0.234 e. The van der Waals surface area contributed by atoms with Crippen molar-refractivity contribution in [3.8, 4) is 0 Å². The molecule has 1 heterocycles. The monoisotopic (exact) mass is 267 g/mol. The Morgan fingerprint density at radius 3 is 2.41 bits per heavy atom. The Morgan fingerprint density at radius 2 is 1.88 bits per heavy atom. The van der Waals surface area contributed by atoms with Crippen molar-refractivity contribution in [3.63, 3.8) is 0 Å². The van der Waals surface area contributed by atoms with Crippen molar-refractivity contribution < 1.29 is 21.8 Å². The summed E-state index contributed by atoms with van der Waals surface area (Å²) in [4.78, 5) is 12.0. The molecule has 0 amide bonds. The van der Waals surface area contributed by atoms with E-state index in [-0.39, 0.29) is 18.2 Å². The number of hydrogen-bond acceptors (Lipinski definition) is 2. The van der Waals surface area contributed by atoms with Crippen LogP contribution in [-0.4, -0.2) is 5.78 Å². The number of hydrogen-bond donors (Lipinski definition) is 0. The van der Waals surface area contributed by atoms with E-state index in [1.54, 1.807) is 11.3 Å². The van der Waals surface area contributed by atoms with E-state index in [1.165, 1.54) is 5.01 Å². The predicted molar refractivity (Wildman–Crippen MR) is 64.8 cm³/mol. The first kappa shape index (κ1) is 13.9. The van der Waals surface area contributed by atoms with E-state index in [9.17, 15) is 4.79 Å². The molecule has 4 heteroatoms. The van der Waals surface area contributed by atoms with E-state index in [1.807, 2.05) is 44.2 Å². The van der Waals surface area contributed by atoms with Gasteiger partial charge in [0.2, 0.25) is 17.3 Å². The van der Waals surface area contributed by atoms with Gasteiger partial charge in [-0.1, -0.05) is 41.7 Å². The molecule has 1 aromatic heterocycles. The number of rotatable bonds is 3. The molecule has 17 heavy (non-hydrogen) atoms. The van der Waals surface area contributed by atoms with Gasteiger partial charge in [0.25, 0.3) is 0 Å². The summed E-state index contributed by atoms with van der Waals surface area (Å²) in [5.74, 6) is 0.162. The highest BCUT2D eigenvalue weighted by Gasteiger charge is 2.18. The Bertz CT molecular complexity index is 488. The van der Waals surface area contributed by atoms with Crippen molar-refractivity contribution in [3.05, 3.63) is 52.0 Å². The topological polar surface area (TPSA) is 20.9 Å². The first-order chi connectivity index (χ1) is 7.68. The number of aromatic nitrogens is 1. The minimum absolute atomic E-state index is 0. The van der Waals surface area contributed by atoms with Crippen LogP contribution in [0.4, 0.5) is 0 Å². The normalized spacial score (nSPS) is 9.76. The molecule has 0 saturated heterocycles. The maximum atomic E-state index is 12.0. The van der Waals surface area contributed by atoms with Gasteiger partial charge >= 0.3 is 0 Å². The number of ketones is 1. The van der Waals surface area contributed by atoms with Gasteiger partial charge in [0.05, 0.1) is 5.38 Å². The number of benzene rings is 1. The Balaban J connectivity index is 0.00000144. The highest BCUT2D eigenvalue weighted by Crippen LogP contribution is 2.06. The van der Waals surface area contributed by atoms with Gasteiger partial charge in [-0.2, -0.15) is 4.57 Å². The third kappa shape index (κ3) is 3.14. The summed E-state index contributed by atoms with van der Waals surface area (Å²) in [6, 6.07) is 9.43. The highest BCUT2D eigenvalue weighted by atomic mass is 35.5. The van der Waals surface area contributed by atoms with E-state index in [0.29, 0.717) is 6.54 Å². The molecule has 2 aromatic rings. The molecule has 0 bridgehead atoms. The van der Waals surface area contributed by atoms with E-state index in [0.717, 1.165) is 11.3 Å². The smallest absolute Gasteiger partial charge is 0.234 e. The van der Waals surface area contributed by atoms with Gasteiger partial charge in [-0.3, -0.25) is 4.79 Å². The lowest BCUT2D eigenvalue weighted by Gasteiger charge is -1.98. The van der Waals surface area contributed by atoms with Crippen molar-refractivity contribution in [2.45, 2.75) is 20.4 Å². The zero-order valence-corrected chi connectivity index (χ0v) is 11.4. The van der Waals surface area contributed by atoms with Gasteiger partial charge in [-0.05, 0) is 0 Å². The summed E-state index contributed by atoms with van der Waals surface area (Å²) in [6.45, 7) is 4.50. The van der Waals surface area contributed by atoms with E-state index < -0.39 is 0 Å². The van der Waals surface area contributed by atoms with Crippen LogP contribution in [0.3, 0.4) is 0 Å². The van der Waals surface area contributed by atoms with Crippen LogP contribution in [0.15, 0.2) is 35.7 Å². The molecule has 0 aliphatic carbocycles. The Morgan fingerprint density at radius 1 is 1.24 bits per heavy atom. The van der Waals surface area contributed by atoms with Crippen molar-refractivity contribution in [2.24, 2.45) is 0 Å². The molecule has 0 aliphatic rings. The standard InChI is InChI=1S/C13H14NOS.ClH/c1-10-9-16-11(2)14(10)8-13(15)12-6-4-3-5-7-12;/h3-7,9H,8H2,1-2H3;1H/q+1;/p-1. The first-order valence-corrected chi connectivity index (χ1v) is 6.09. The molecule has 2 nitrogen and oxygen atoms in total. The minimum Gasteiger partial charge on any atom is -1.00 e. The van der Waals surface area contributed by atoms with Gasteiger partial charge in [-0.25, -0.2) is 0 Å². The number of carbonyl (C=O) groups is 1. The largest absolute Gasteiger partial charge is 1.00 e. The number of halogens is 1. The number of aryl methyl sites for hydroxylation is 2. The second-order valence-electron chi connectivity index (χ2n) is 3.77. The molecule has 1 aromatic carbocycles. The molecule has 0 unspecified atom stereocenters. The third-order valence-corrected chi connectivity index (χ3v) is 3.62. The summed E-state index contributed by atoms with van der Waals surface area (Å²) in [5, 5.41) is 3.25. The zero-order valence-electron chi connectivity index (χ0n) is 9.81. The lowest BCUT2D eigenvalue weighted by molar-refractivity contribution is -0.689. The number of Topliss-reactive ketones (excluding diaryl/α,β-unsaturated/α-hetero) is 1. The molecule has 0 atom stereocenters. The summed E-state index contributed by atoms with van der Waals surface area (Å²) >= 11 is 1.68. The quantitative estimate of drug-likeness (QED) is 0.545. The zero-order chi connectivity index (χ0) is 11.5. The molecule has 0 radical (unpaired) electrons. The van der Waals surface area contributed by atoms with Gasteiger partial charge < -0.3 is 12.4 Å². The minimum atomic E-state index is 0. The lowest BCUT2D eigenvalue weighted by Crippen LogP contribution is -3.00. The number of carbonyl (C=O) groups excluding carboxylic acids is 1. The Labute approximate surface area is 111 Å². The molecule has 0 saturated carbocycles. The maximum absolute atomic E-state index is 12.0. The van der Waals surface area contributed by atoms with Gasteiger partial charge in [0.15, 0.2) is 5.69 Å². The van der Waals surface area contributed by atoms with E-state index in [4.69, 9.17) is 0 Å². The van der Waals surface area contributed by atoms with Crippen LogP contribution in [-0.2, 0) is 6.54 Å². The SMILES string of the molecule is Cc1csc(C)[n+]1CC(=O)c1ccccc1.[Cl-]. The summed E-state index contributed by atoms with van der Waals surface area (Å²) < 4.78 is 2.06. The second kappa shape index (κ2) is 5.94. The van der Waals surface area contributed by atoms with E-state index in [2.05, 4.69) is 9.95 Å². The van der Waals surface area contributed by atoms with Crippen molar-refractivity contribution >= 4 is 17.1 Å². The molecule has 0 N–H and O–H groups in total. The van der Waals surface area contributed by atoms with Crippen molar-refractivity contribution in [1.82, 2.24) is 0 Å². The number of nitrogens with zero attached hydrogens (tertiary/aromatic N) is 1. The third-order valence-electron chi connectivity index (χ3n) is 2.60. The van der Waals surface area contributed by atoms with Crippen LogP contribution >= 0.6 is 11.3 Å². The van der Waals surface area contributed by atoms with E-state index >= 15 is 0 Å². The van der Waals surface area contributed by atoms with Crippen LogP contribution in [0.1, 0.15) is 21.1 Å². The number of thiazole rings is 1. The van der Waals surface area contributed by atoms with Crippen LogP contribution in [0, 0.1) is 13.8 Å². The van der Waals surface area contributed by atoms with Crippen molar-refractivity contribution in [2.75, 3.05) is 0 Å². The molecule has 2 rings (SSSR count). The van der Waals surface area contributed by atoms with Crippen LogP contribution in [0.25, 0.3) is 0 Å². The van der Waals surface area contributed by atoms with Crippen LogP contribution in [0.2, 0.25) is 0 Å². The molecule has 0 fully saturated rings. The average Bonchev–Trinajstić information content (AvgIpc) is 2.62. The molecule has 90 valence electrons. The fourth-order valence-electron chi connectivity index (χ4n) is 1.64. The first-order valence-electron chi connectivity index (χ1n) is 5.21. The molecule has 0 aliphatic heterocycles. The van der Waals surface area contributed by atoms with Gasteiger partial charge in [0.1, 0.15) is 0 Å². The molecular formula is C13H14ClNOS. The predicted octanol–water partition coefficient (Wildman–Crippen LogP) is -0.461. The van der Waals surface area contributed by atoms with Crippen molar-refractivity contribution in [1.29, 1.82) is 0 Å².